The molecule has 1 aromatic heterocycles. The Morgan fingerprint density at radius 2 is 1.89 bits per heavy atom. The van der Waals surface area contributed by atoms with Gasteiger partial charge in [-0.1, -0.05) is 29.8 Å². The molecule has 1 amide bonds. The van der Waals surface area contributed by atoms with Crippen molar-refractivity contribution in [1.29, 1.82) is 0 Å². The van der Waals surface area contributed by atoms with Crippen LogP contribution in [0.3, 0.4) is 0 Å². The summed E-state index contributed by atoms with van der Waals surface area (Å²) in [6, 6.07) is 6.23. The number of hydrogen-bond donors (Lipinski definition) is 2. The van der Waals surface area contributed by atoms with Gasteiger partial charge in [0.1, 0.15) is 6.33 Å². The highest BCUT2D eigenvalue weighted by Gasteiger charge is 2.47. The number of nitrogens with zero attached hydrogens (tertiary/aromatic N) is 4. The van der Waals surface area contributed by atoms with Crippen molar-refractivity contribution in [2.75, 3.05) is 42.9 Å². The van der Waals surface area contributed by atoms with Crippen molar-refractivity contribution in [3.8, 4) is 0 Å². The van der Waals surface area contributed by atoms with Crippen molar-refractivity contribution >= 4 is 17.5 Å². The van der Waals surface area contributed by atoms with E-state index in [1.165, 1.54) is 9.80 Å². The molecule has 2 unspecified atom stereocenters. The van der Waals surface area contributed by atoms with E-state index >= 15 is 4.39 Å². The molecule has 2 aliphatic heterocycles. The van der Waals surface area contributed by atoms with Gasteiger partial charge in [0.05, 0.1) is 25.7 Å². The van der Waals surface area contributed by atoms with Crippen molar-refractivity contribution in [3.05, 3.63) is 47.5 Å². The Bertz CT molecular complexity index is 1070. The largest absolute Gasteiger partial charge is 0.369 e. The summed E-state index contributed by atoms with van der Waals surface area (Å²) in [7, 11) is 0. The molecule has 2 atom stereocenters. The standard InChI is InChI=1S/C23H27F5N6O/c1-14-2-4-15(5-3-14)17-8-22(25,26)11-34(17)21-19(24)20(31-13-32-21)30-9-16-6-7-33(10-18(29)35)12-23(16,27)28/h2-5,13,16-17H,6-12H2,1H3,(H2,29,35)(H,30,31,32). The molecule has 0 saturated carbocycles. The fourth-order valence-corrected chi connectivity index (χ4v) is 4.69. The van der Waals surface area contributed by atoms with Crippen LogP contribution in [-0.4, -0.2) is 65.3 Å². The minimum absolute atomic E-state index is 0.0562. The second-order valence-corrected chi connectivity index (χ2v) is 9.28. The maximum atomic E-state index is 15.4. The van der Waals surface area contributed by atoms with E-state index in [4.69, 9.17) is 5.73 Å². The lowest BCUT2D eigenvalue weighted by Gasteiger charge is -2.37. The minimum atomic E-state index is -3.14. The smallest absolute Gasteiger partial charge is 0.267 e. The molecule has 4 rings (SSSR count). The molecule has 7 nitrogen and oxygen atoms in total. The van der Waals surface area contributed by atoms with Gasteiger partial charge in [-0.2, -0.15) is 4.39 Å². The molecule has 1 aromatic carbocycles. The zero-order valence-corrected chi connectivity index (χ0v) is 19.2. The van der Waals surface area contributed by atoms with E-state index < -0.39 is 55.0 Å². The topological polar surface area (TPSA) is 87.4 Å². The number of aromatic nitrogens is 2. The summed E-state index contributed by atoms with van der Waals surface area (Å²) >= 11 is 0. The van der Waals surface area contributed by atoms with Crippen LogP contribution in [0.5, 0.6) is 0 Å². The van der Waals surface area contributed by atoms with E-state index in [0.29, 0.717) is 5.56 Å². The maximum Gasteiger partial charge on any atom is 0.267 e. The van der Waals surface area contributed by atoms with Gasteiger partial charge in [0.25, 0.3) is 11.8 Å². The van der Waals surface area contributed by atoms with Gasteiger partial charge < -0.3 is 16.0 Å². The first-order chi connectivity index (χ1) is 16.4. The number of anilines is 2. The molecule has 0 bridgehead atoms. The molecule has 0 aliphatic carbocycles. The van der Waals surface area contributed by atoms with Crippen molar-refractivity contribution in [1.82, 2.24) is 14.9 Å². The van der Waals surface area contributed by atoms with E-state index in [-0.39, 0.29) is 37.7 Å². The first kappa shape index (κ1) is 25.1. The number of aryl methyl sites for hydroxylation is 1. The van der Waals surface area contributed by atoms with Crippen molar-refractivity contribution < 1.29 is 26.7 Å². The van der Waals surface area contributed by atoms with Crippen molar-refractivity contribution in [2.24, 2.45) is 11.7 Å². The highest BCUT2D eigenvalue weighted by molar-refractivity contribution is 5.75. The van der Waals surface area contributed by atoms with Gasteiger partial charge in [-0.15, -0.1) is 0 Å². The number of primary amides is 1. The SMILES string of the molecule is Cc1ccc(C2CC(F)(F)CN2c2ncnc(NCC3CCN(CC(N)=O)CC3(F)F)c2F)cc1. The molecule has 0 radical (unpaired) electrons. The number of likely N-dealkylation sites (tertiary alicyclic amines) is 1. The number of hydrogen-bond acceptors (Lipinski definition) is 6. The highest BCUT2D eigenvalue weighted by Crippen LogP contribution is 2.44. The molecule has 190 valence electrons. The van der Waals surface area contributed by atoms with Gasteiger partial charge in [-0.3, -0.25) is 9.69 Å². The van der Waals surface area contributed by atoms with Crippen LogP contribution in [0.15, 0.2) is 30.6 Å². The highest BCUT2D eigenvalue weighted by atomic mass is 19.3. The summed E-state index contributed by atoms with van der Waals surface area (Å²) in [4.78, 5) is 21.2. The normalized spacial score (nSPS) is 23.9. The summed E-state index contributed by atoms with van der Waals surface area (Å²) in [6.07, 6.45) is 0.579. The Morgan fingerprint density at radius 3 is 2.54 bits per heavy atom. The van der Waals surface area contributed by atoms with Gasteiger partial charge in [-0.25, -0.2) is 27.5 Å². The molecule has 35 heavy (non-hydrogen) atoms. The lowest BCUT2D eigenvalue weighted by atomic mass is 9.92. The number of benzene rings is 1. The van der Waals surface area contributed by atoms with Crippen molar-refractivity contribution in [3.63, 3.8) is 0 Å². The third-order valence-corrected chi connectivity index (χ3v) is 6.50. The Morgan fingerprint density at radius 1 is 1.17 bits per heavy atom. The van der Waals surface area contributed by atoms with Gasteiger partial charge in [0.2, 0.25) is 11.7 Å². The number of nitrogens with one attached hydrogen (secondary N) is 1. The second-order valence-electron chi connectivity index (χ2n) is 9.28. The van der Waals surface area contributed by atoms with Crippen LogP contribution in [-0.2, 0) is 4.79 Å². The van der Waals surface area contributed by atoms with Crippen molar-refractivity contribution in [2.45, 2.75) is 37.7 Å². The summed E-state index contributed by atoms with van der Waals surface area (Å²) in [5.74, 6) is -9.64. The molecule has 3 heterocycles. The summed E-state index contributed by atoms with van der Waals surface area (Å²) in [5.41, 5.74) is 6.65. The summed E-state index contributed by atoms with van der Waals surface area (Å²) in [6.45, 7) is 0.197. The molecule has 2 saturated heterocycles. The Balaban J connectivity index is 1.50. The first-order valence-corrected chi connectivity index (χ1v) is 11.3. The van der Waals surface area contributed by atoms with Gasteiger partial charge in [0.15, 0.2) is 11.6 Å². The molecule has 2 fully saturated rings. The Labute approximate surface area is 199 Å². The number of nitrogens with two attached hydrogens (primary N) is 1. The van der Waals surface area contributed by atoms with Gasteiger partial charge >= 0.3 is 0 Å². The molecular formula is C23H27F5N6O. The van der Waals surface area contributed by atoms with Gasteiger partial charge in [0, 0.05) is 18.9 Å². The van der Waals surface area contributed by atoms with E-state index in [2.05, 4.69) is 15.3 Å². The van der Waals surface area contributed by atoms with Crippen LogP contribution < -0.4 is 16.0 Å². The fraction of sp³-hybridized carbons (Fsp3) is 0.522. The predicted octanol–water partition coefficient (Wildman–Crippen LogP) is 3.37. The Hall–Kier alpha value is -3.02. The quantitative estimate of drug-likeness (QED) is 0.570. The monoisotopic (exact) mass is 498 g/mol. The average Bonchev–Trinajstić information content (AvgIpc) is 3.09. The minimum Gasteiger partial charge on any atom is -0.369 e. The third kappa shape index (κ3) is 5.63. The number of carbonyl (C=O) groups excluding carboxylic acids is 1. The van der Waals surface area contributed by atoms with Crippen LogP contribution in [0, 0.1) is 18.7 Å². The average molecular weight is 499 g/mol. The lowest BCUT2D eigenvalue weighted by molar-refractivity contribution is -0.127. The van der Waals surface area contributed by atoms with Gasteiger partial charge in [-0.05, 0) is 25.5 Å². The number of amides is 1. The second kappa shape index (κ2) is 9.56. The van der Waals surface area contributed by atoms with E-state index in [9.17, 15) is 22.4 Å². The summed E-state index contributed by atoms with van der Waals surface area (Å²) < 4.78 is 73.3. The lowest BCUT2D eigenvalue weighted by Crippen LogP contribution is -2.52. The molecule has 3 N–H and O–H groups in total. The first-order valence-electron chi connectivity index (χ1n) is 11.3. The van der Waals surface area contributed by atoms with Crippen LogP contribution in [0.25, 0.3) is 0 Å². The Kier molecular flexibility index (Phi) is 6.85. The zero-order valence-electron chi connectivity index (χ0n) is 19.2. The van der Waals surface area contributed by atoms with E-state index in [0.717, 1.165) is 11.9 Å². The van der Waals surface area contributed by atoms with Crippen LogP contribution in [0.4, 0.5) is 33.6 Å². The van der Waals surface area contributed by atoms with E-state index in [1.807, 2.05) is 6.92 Å². The molecule has 2 aliphatic rings. The molecule has 2 aromatic rings. The molecular weight excluding hydrogens is 471 g/mol. The van der Waals surface area contributed by atoms with Crippen LogP contribution in [0.1, 0.15) is 30.0 Å². The van der Waals surface area contributed by atoms with E-state index in [1.54, 1.807) is 24.3 Å². The number of halogens is 5. The van der Waals surface area contributed by atoms with Crippen LogP contribution >= 0.6 is 0 Å². The van der Waals surface area contributed by atoms with Crippen LogP contribution in [0.2, 0.25) is 0 Å². The molecule has 0 spiro atoms. The predicted molar refractivity (Wildman–Crippen MR) is 120 cm³/mol. The zero-order chi connectivity index (χ0) is 25.4. The number of piperidine rings is 1. The number of rotatable bonds is 7. The number of alkyl halides is 4. The maximum absolute atomic E-state index is 15.4. The fourth-order valence-electron chi connectivity index (χ4n) is 4.69. The number of carbonyl (C=O) groups is 1. The molecule has 12 heteroatoms. The summed E-state index contributed by atoms with van der Waals surface area (Å²) in [5, 5.41) is 2.61. The third-order valence-electron chi connectivity index (χ3n) is 6.50.